The topological polar surface area (TPSA) is 132 Å². The normalized spacial score (nSPS) is 27.5. The van der Waals surface area contributed by atoms with Gasteiger partial charge in [-0.25, -0.2) is 5.43 Å². The van der Waals surface area contributed by atoms with E-state index < -0.39 is 17.1 Å². The number of fused-ring (bicyclic) bond motifs is 2. The van der Waals surface area contributed by atoms with Crippen LogP contribution in [-0.4, -0.2) is 87.7 Å². The molecule has 3 aliphatic rings. The molecule has 0 bridgehead atoms. The van der Waals surface area contributed by atoms with Crippen molar-refractivity contribution in [3.8, 4) is 5.75 Å². The molecule has 3 amide bonds. The predicted octanol–water partition coefficient (Wildman–Crippen LogP) is 3.37. The van der Waals surface area contributed by atoms with Crippen molar-refractivity contribution in [3.05, 3.63) is 78.3 Å². The van der Waals surface area contributed by atoms with Crippen molar-refractivity contribution in [3.63, 3.8) is 0 Å². The summed E-state index contributed by atoms with van der Waals surface area (Å²) in [6.45, 7) is 8.47. The molecule has 6 rings (SSSR count). The Morgan fingerprint density at radius 2 is 1.96 bits per heavy atom. The average Bonchev–Trinajstić information content (AvgIpc) is 3.30. The van der Waals surface area contributed by atoms with Gasteiger partial charge in [-0.3, -0.25) is 29.4 Å². The standard InChI is InChI=1S/C34H39N7O4/c1-20-24-19-40(28(42)15-9-12-23(18-35-5)29-27(45-6)14-10-16-36-29)21(2)34(20,24)41-32(44)30(33(3,4)39-41)38-31(43)26-17-22-11-7-8-13-25(22)37-26/h7-18,20-21,24,30,37,39H,19H2,1-6H3,(H,38,43)/b15-9+,23-12+,35-18?. The molecule has 2 saturated heterocycles. The molecule has 11 nitrogen and oxygen atoms in total. The Morgan fingerprint density at radius 1 is 1.18 bits per heavy atom. The molecule has 0 spiro atoms. The van der Waals surface area contributed by atoms with E-state index in [4.69, 9.17) is 4.74 Å². The number of hydrogen-bond acceptors (Lipinski definition) is 7. The second-order valence-electron chi connectivity index (χ2n) is 12.6. The van der Waals surface area contributed by atoms with Crippen LogP contribution in [-0.2, 0) is 9.59 Å². The minimum Gasteiger partial charge on any atom is -0.494 e. The second-order valence-corrected chi connectivity index (χ2v) is 12.6. The van der Waals surface area contributed by atoms with Crippen molar-refractivity contribution < 1.29 is 19.1 Å². The molecule has 1 saturated carbocycles. The number of aromatic amines is 1. The van der Waals surface area contributed by atoms with Crippen LogP contribution >= 0.6 is 0 Å². The van der Waals surface area contributed by atoms with Gasteiger partial charge in [0.15, 0.2) is 0 Å². The van der Waals surface area contributed by atoms with Gasteiger partial charge in [0.2, 0.25) is 5.91 Å². The van der Waals surface area contributed by atoms with Gasteiger partial charge < -0.3 is 19.9 Å². The summed E-state index contributed by atoms with van der Waals surface area (Å²) in [6.07, 6.45) is 8.35. The molecular weight excluding hydrogens is 570 g/mol. The van der Waals surface area contributed by atoms with Crippen molar-refractivity contribution in [2.45, 2.75) is 50.9 Å². The number of nitrogens with one attached hydrogen (secondary N) is 3. The molecule has 0 radical (unpaired) electrons. The first-order valence-corrected chi connectivity index (χ1v) is 15.2. The predicted molar refractivity (Wildman–Crippen MR) is 172 cm³/mol. The van der Waals surface area contributed by atoms with Crippen molar-refractivity contribution >= 4 is 40.4 Å². The summed E-state index contributed by atoms with van der Waals surface area (Å²) < 4.78 is 5.44. The third kappa shape index (κ3) is 4.91. The highest BCUT2D eigenvalue weighted by Crippen LogP contribution is 2.63. The van der Waals surface area contributed by atoms with E-state index in [0.29, 0.717) is 29.3 Å². The number of ether oxygens (including phenoxy) is 1. The van der Waals surface area contributed by atoms with E-state index >= 15 is 0 Å². The van der Waals surface area contributed by atoms with Crippen LogP contribution in [0.1, 0.15) is 43.9 Å². The van der Waals surface area contributed by atoms with E-state index in [1.165, 1.54) is 6.08 Å². The second kappa shape index (κ2) is 11.3. The maximum atomic E-state index is 14.0. The Kier molecular flexibility index (Phi) is 7.60. The first-order valence-electron chi connectivity index (χ1n) is 15.2. The minimum atomic E-state index is -0.788. The summed E-state index contributed by atoms with van der Waals surface area (Å²) >= 11 is 0. The van der Waals surface area contributed by atoms with Gasteiger partial charge in [0, 0.05) is 54.5 Å². The van der Waals surface area contributed by atoms with Gasteiger partial charge in [0.05, 0.1) is 24.2 Å². The number of benzene rings is 1. The van der Waals surface area contributed by atoms with E-state index in [0.717, 1.165) is 10.9 Å². The zero-order valence-corrected chi connectivity index (χ0v) is 26.4. The third-order valence-electron chi connectivity index (χ3n) is 9.70. The van der Waals surface area contributed by atoms with E-state index in [-0.39, 0.29) is 35.6 Å². The van der Waals surface area contributed by atoms with Crippen LogP contribution in [0.5, 0.6) is 5.75 Å². The Hall–Kier alpha value is -4.77. The summed E-state index contributed by atoms with van der Waals surface area (Å²) in [5.74, 6) is 0.203. The quantitative estimate of drug-likeness (QED) is 0.204. The maximum absolute atomic E-state index is 14.0. The van der Waals surface area contributed by atoms with Crippen molar-refractivity contribution in [2.75, 3.05) is 20.7 Å². The number of carbonyl (C=O) groups is 3. The molecule has 1 aliphatic carbocycles. The van der Waals surface area contributed by atoms with Gasteiger partial charge >= 0.3 is 0 Å². The number of methoxy groups -OCH3 is 1. The van der Waals surface area contributed by atoms with Crippen molar-refractivity contribution in [1.82, 2.24) is 30.6 Å². The molecule has 4 heterocycles. The smallest absolute Gasteiger partial charge is 0.268 e. The molecule has 1 aromatic carbocycles. The van der Waals surface area contributed by atoms with Crippen LogP contribution in [0.15, 0.2) is 71.9 Å². The number of amides is 3. The number of allylic oxidation sites excluding steroid dienone is 3. The first-order chi connectivity index (χ1) is 21.5. The zero-order valence-electron chi connectivity index (χ0n) is 26.4. The summed E-state index contributed by atoms with van der Waals surface area (Å²) in [5.41, 5.74) is 4.68. The lowest BCUT2D eigenvalue weighted by Gasteiger charge is -2.36. The molecule has 3 aromatic rings. The van der Waals surface area contributed by atoms with Crippen LogP contribution in [0.3, 0.4) is 0 Å². The highest BCUT2D eigenvalue weighted by atomic mass is 16.5. The van der Waals surface area contributed by atoms with E-state index in [2.05, 4.69) is 32.6 Å². The highest BCUT2D eigenvalue weighted by molar-refractivity contribution is 6.10. The number of para-hydroxylation sites is 1. The van der Waals surface area contributed by atoms with Crippen molar-refractivity contribution in [2.24, 2.45) is 16.8 Å². The van der Waals surface area contributed by atoms with Gasteiger partial charge in [-0.05, 0) is 51.0 Å². The monoisotopic (exact) mass is 609 g/mol. The van der Waals surface area contributed by atoms with Crippen LogP contribution in [0, 0.1) is 11.8 Å². The van der Waals surface area contributed by atoms with Gasteiger partial charge in [-0.1, -0.05) is 37.3 Å². The Labute approximate surface area is 262 Å². The largest absolute Gasteiger partial charge is 0.494 e. The number of carbonyl (C=O) groups excluding carboxylic acids is 3. The minimum absolute atomic E-state index is 0.108. The van der Waals surface area contributed by atoms with Crippen LogP contribution < -0.4 is 15.5 Å². The average molecular weight is 610 g/mol. The molecule has 5 atom stereocenters. The number of hydrogen-bond donors (Lipinski definition) is 3. The van der Waals surface area contributed by atoms with Gasteiger partial charge in [0.1, 0.15) is 23.2 Å². The number of H-pyrrole nitrogens is 1. The van der Waals surface area contributed by atoms with E-state index in [9.17, 15) is 14.4 Å². The zero-order chi connectivity index (χ0) is 32.1. The van der Waals surface area contributed by atoms with Crippen LogP contribution in [0.4, 0.5) is 0 Å². The molecule has 234 valence electrons. The maximum Gasteiger partial charge on any atom is 0.268 e. The molecule has 3 fully saturated rings. The van der Waals surface area contributed by atoms with Gasteiger partial charge in [-0.15, -0.1) is 0 Å². The Balaban J connectivity index is 1.18. The lowest BCUT2D eigenvalue weighted by atomic mass is 9.96. The summed E-state index contributed by atoms with van der Waals surface area (Å²) in [4.78, 5) is 54.3. The SMILES string of the molecule is CN=C/C(=C\C=C\C(=O)N1CC2C(C)C2(N2NC(C)(C)C(NC(=O)c3cc4ccccc4[nH]3)C2=O)C1C)c1ncccc1OC. The number of hydrazine groups is 1. The lowest BCUT2D eigenvalue weighted by Crippen LogP contribution is -2.57. The summed E-state index contributed by atoms with van der Waals surface area (Å²) in [5, 5.41) is 5.61. The summed E-state index contributed by atoms with van der Waals surface area (Å²) in [7, 11) is 3.25. The fraction of sp³-hybridized carbons (Fsp3) is 0.382. The van der Waals surface area contributed by atoms with E-state index in [1.54, 1.807) is 55.9 Å². The fourth-order valence-corrected chi connectivity index (χ4v) is 7.31. The van der Waals surface area contributed by atoms with Gasteiger partial charge in [-0.2, -0.15) is 0 Å². The molecule has 5 unspecified atom stereocenters. The van der Waals surface area contributed by atoms with Crippen LogP contribution in [0.25, 0.3) is 16.5 Å². The molecule has 11 heteroatoms. The van der Waals surface area contributed by atoms with Crippen molar-refractivity contribution in [1.29, 1.82) is 0 Å². The Morgan fingerprint density at radius 3 is 2.69 bits per heavy atom. The first kappa shape index (κ1) is 30.3. The molecule has 2 aromatic heterocycles. The molecule has 2 aliphatic heterocycles. The summed E-state index contributed by atoms with van der Waals surface area (Å²) in [6, 6.07) is 12.0. The molecular formula is C34H39N7O4. The number of rotatable bonds is 8. The fourth-order valence-electron chi connectivity index (χ4n) is 7.31. The third-order valence-corrected chi connectivity index (χ3v) is 9.70. The van der Waals surface area contributed by atoms with Gasteiger partial charge in [0.25, 0.3) is 11.8 Å². The number of piperidine rings is 1. The highest BCUT2D eigenvalue weighted by Gasteiger charge is 2.77. The van der Waals surface area contributed by atoms with E-state index in [1.807, 2.05) is 56.0 Å². The number of pyridine rings is 1. The lowest BCUT2D eigenvalue weighted by molar-refractivity contribution is -0.138. The Bertz CT molecular complexity index is 1720. The number of nitrogens with zero attached hydrogens (tertiary/aromatic N) is 4. The van der Waals surface area contributed by atoms with Crippen LogP contribution in [0.2, 0.25) is 0 Å². The number of aromatic nitrogens is 2. The molecule has 45 heavy (non-hydrogen) atoms. The number of likely N-dealkylation sites (tertiary alicyclic amines) is 1. The molecule has 3 N–H and O–H groups in total. The number of aliphatic imine (C=N–C) groups is 1.